The molecule has 0 aromatic heterocycles. The van der Waals surface area contributed by atoms with E-state index in [9.17, 15) is 4.79 Å². The van der Waals surface area contributed by atoms with Crippen LogP contribution in [-0.2, 0) is 9.53 Å². The third-order valence-electron chi connectivity index (χ3n) is 5.69. The SMILES string of the molecule is CCNC(=NCC(c1cccc(C)c1)N1CCOCC1)N1CCN(C(C)=O)CC1. The second-order valence-corrected chi connectivity index (χ2v) is 7.77. The Morgan fingerprint density at radius 3 is 2.45 bits per heavy atom. The zero-order valence-corrected chi connectivity index (χ0v) is 18.1. The molecule has 2 aliphatic heterocycles. The van der Waals surface area contributed by atoms with E-state index in [2.05, 4.69) is 53.2 Å². The first-order valence-electron chi connectivity index (χ1n) is 10.8. The van der Waals surface area contributed by atoms with Crippen LogP contribution in [0.3, 0.4) is 0 Å². The van der Waals surface area contributed by atoms with Gasteiger partial charge >= 0.3 is 0 Å². The number of benzene rings is 1. The second kappa shape index (κ2) is 10.6. The molecule has 2 aliphatic rings. The van der Waals surface area contributed by atoms with Gasteiger partial charge in [0.15, 0.2) is 5.96 Å². The molecule has 3 rings (SSSR count). The number of aliphatic imine (C=N–C) groups is 1. The normalized spacial score (nSPS) is 19.9. The van der Waals surface area contributed by atoms with E-state index in [4.69, 9.17) is 9.73 Å². The maximum atomic E-state index is 11.6. The summed E-state index contributed by atoms with van der Waals surface area (Å²) in [5, 5.41) is 3.45. The van der Waals surface area contributed by atoms with Crippen molar-refractivity contribution in [2.24, 2.45) is 4.99 Å². The molecule has 0 saturated carbocycles. The highest BCUT2D eigenvalue weighted by molar-refractivity contribution is 5.80. The van der Waals surface area contributed by atoms with Gasteiger partial charge in [0.1, 0.15) is 0 Å². The summed E-state index contributed by atoms with van der Waals surface area (Å²) in [5.74, 6) is 1.10. The smallest absolute Gasteiger partial charge is 0.219 e. The third-order valence-corrected chi connectivity index (χ3v) is 5.69. The van der Waals surface area contributed by atoms with Crippen LogP contribution in [0.25, 0.3) is 0 Å². The molecule has 0 aliphatic carbocycles. The van der Waals surface area contributed by atoms with Gasteiger partial charge in [-0.2, -0.15) is 0 Å². The van der Waals surface area contributed by atoms with Gasteiger partial charge in [-0.25, -0.2) is 0 Å². The summed E-state index contributed by atoms with van der Waals surface area (Å²) in [6.45, 7) is 14.0. The molecule has 1 aromatic carbocycles. The molecule has 1 atom stereocenters. The van der Waals surface area contributed by atoms with Gasteiger partial charge in [0.25, 0.3) is 0 Å². The lowest BCUT2D eigenvalue weighted by atomic mass is 10.0. The number of hydrogen-bond acceptors (Lipinski definition) is 4. The minimum Gasteiger partial charge on any atom is -0.379 e. The highest BCUT2D eigenvalue weighted by Crippen LogP contribution is 2.23. The molecule has 29 heavy (non-hydrogen) atoms. The molecule has 1 N–H and O–H groups in total. The van der Waals surface area contributed by atoms with Crippen LogP contribution in [0.15, 0.2) is 29.3 Å². The summed E-state index contributed by atoms with van der Waals surface area (Å²) >= 11 is 0. The molecular weight excluding hydrogens is 366 g/mol. The minimum atomic E-state index is 0.151. The molecule has 2 saturated heterocycles. The lowest BCUT2D eigenvalue weighted by Crippen LogP contribution is -2.53. The highest BCUT2D eigenvalue weighted by atomic mass is 16.5. The average molecular weight is 402 g/mol. The van der Waals surface area contributed by atoms with Gasteiger partial charge in [-0.15, -0.1) is 0 Å². The van der Waals surface area contributed by atoms with Crippen molar-refractivity contribution >= 4 is 11.9 Å². The van der Waals surface area contributed by atoms with Crippen LogP contribution in [-0.4, -0.2) is 92.1 Å². The first kappa shape index (κ1) is 21.6. The van der Waals surface area contributed by atoms with Gasteiger partial charge in [-0.1, -0.05) is 29.8 Å². The Morgan fingerprint density at radius 2 is 1.83 bits per heavy atom. The summed E-state index contributed by atoms with van der Waals surface area (Å²) in [5.41, 5.74) is 2.59. The van der Waals surface area contributed by atoms with Crippen molar-refractivity contribution in [2.75, 3.05) is 65.6 Å². The summed E-state index contributed by atoms with van der Waals surface area (Å²) < 4.78 is 5.57. The van der Waals surface area contributed by atoms with Crippen LogP contribution in [0, 0.1) is 6.92 Å². The number of nitrogens with zero attached hydrogens (tertiary/aromatic N) is 4. The number of amides is 1. The van der Waals surface area contributed by atoms with Crippen LogP contribution in [0.1, 0.15) is 31.0 Å². The Balaban J connectivity index is 1.75. The topological polar surface area (TPSA) is 60.4 Å². The number of guanidine groups is 1. The molecule has 0 bridgehead atoms. The van der Waals surface area contributed by atoms with Gasteiger partial charge < -0.3 is 19.9 Å². The molecule has 0 spiro atoms. The quantitative estimate of drug-likeness (QED) is 0.599. The zero-order valence-electron chi connectivity index (χ0n) is 18.1. The summed E-state index contributed by atoms with van der Waals surface area (Å²) in [6, 6.07) is 9.00. The molecule has 1 aromatic rings. The summed E-state index contributed by atoms with van der Waals surface area (Å²) in [7, 11) is 0. The molecule has 1 unspecified atom stereocenters. The van der Waals surface area contributed by atoms with Crippen molar-refractivity contribution in [1.82, 2.24) is 20.0 Å². The van der Waals surface area contributed by atoms with E-state index in [1.165, 1.54) is 11.1 Å². The van der Waals surface area contributed by atoms with E-state index in [0.29, 0.717) is 6.54 Å². The van der Waals surface area contributed by atoms with Crippen molar-refractivity contribution in [3.63, 3.8) is 0 Å². The number of carbonyl (C=O) groups excluding carboxylic acids is 1. The lowest BCUT2D eigenvalue weighted by molar-refractivity contribution is -0.130. The van der Waals surface area contributed by atoms with Gasteiger partial charge in [0.05, 0.1) is 25.8 Å². The maximum absolute atomic E-state index is 11.6. The Bertz CT molecular complexity index is 694. The monoisotopic (exact) mass is 401 g/mol. The number of aryl methyl sites for hydroxylation is 1. The number of carbonyl (C=O) groups is 1. The minimum absolute atomic E-state index is 0.151. The van der Waals surface area contributed by atoms with Crippen LogP contribution in [0.2, 0.25) is 0 Å². The molecule has 2 fully saturated rings. The predicted octanol–water partition coefficient (Wildman–Crippen LogP) is 1.50. The lowest BCUT2D eigenvalue weighted by Gasteiger charge is -2.37. The summed E-state index contributed by atoms with van der Waals surface area (Å²) in [4.78, 5) is 23.3. The van der Waals surface area contributed by atoms with E-state index in [-0.39, 0.29) is 11.9 Å². The number of morpholine rings is 1. The van der Waals surface area contributed by atoms with Crippen molar-refractivity contribution in [3.8, 4) is 0 Å². The fourth-order valence-corrected chi connectivity index (χ4v) is 4.03. The molecule has 7 nitrogen and oxygen atoms in total. The Hall–Kier alpha value is -2.12. The van der Waals surface area contributed by atoms with Crippen molar-refractivity contribution < 1.29 is 9.53 Å². The standard InChI is InChI=1S/C22H35N5O2/c1-4-23-22(27-10-8-25(9-11-27)19(3)28)24-17-21(26-12-14-29-15-13-26)20-7-5-6-18(2)16-20/h5-7,16,21H,4,8-15,17H2,1-3H3,(H,23,24). The predicted molar refractivity (Wildman–Crippen MR) is 116 cm³/mol. The first-order chi connectivity index (χ1) is 14.1. The van der Waals surface area contributed by atoms with Crippen molar-refractivity contribution in [3.05, 3.63) is 35.4 Å². The van der Waals surface area contributed by atoms with E-state index in [0.717, 1.165) is 65.0 Å². The fourth-order valence-electron chi connectivity index (χ4n) is 4.03. The third kappa shape index (κ3) is 5.93. The van der Waals surface area contributed by atoms with E-state index >= 15 is 0 Å². The molecule has 7 heteroatoms. The largest absolute Gasteiger partial charge is 0.379 e. The average Bonchev–Trinajstić information content (AvgIpc) is 2.74. The molecule has 0 radical (unpaired) electrons. The van der Waals surface area contributed by atoms with Crippen molar-refractivity contribution in [2.45, 2.75) is 26.8 Å². The molecular formula is C22H35N5O2. The Labute approximate surface area is 174 Å². The van der Waals surface area contributed by atoms with E-state index in [1.807, 2.05) is 4.90 Å². The Kier molecular flexibility index (Phi) is 7.89. The fraction of sp³-hybridized carbons (Fsp3) is 0.636. The highest BCUT2D eigenvalue weighted by Gasteiger charge is 2.24. The Morgan fingerprint density at radius 1 is 1.14 bits per heavy atom. The number of nitrogens with one attached hydrogen (secondary N) is 1. The number of ether oxygens (including phenoxy) is 1. The second-order valence-electron chi connectivity index (χ2n) is 7.77. The van der Waals surface area contributed by atoms with Crippen molar-refractivity contribution in [1.29, 1.82) is 0 Å². The summed E-state index contributed by atoms with van der Waals surface area (Å²) in [6.07, 6.45) is 0. The molecule has 160 valence electrons. The zero-order chi connectivity index (χ0) is 20.6. The number of piperazine rings is 1. The van der Waals surface area contributed by atoms with Gasteiger partial charge in [-0.05, 0) is 19.4 Å². The van der Waals surface area contributed by atoms with Crippen LogP contribution >= 0.6 is 0 Å². The van der Waals surface area contributed by atoms with Crippen LogP contribution < -0.4 is 5.32 Å². The van der Waals surface area contributed by atoms with Crippen LogP contribution in [0.5, 0.6) is 0 Å². The molecule has 2 heterocycles. The van der Waals surface area contributed by atoms with E-state index in [1.54, 1.807) is 6.92 Å². The number of hydrogen-bond donors (Lipinski definition) is 1. The number of rotatable bonds is 5. The van der Waals surface area contributed by atoms with Gasteiger partial charge in [-0.3, -0.25) is 14.7 Å². The van der Waals surface area contributed by atoms with Crippen LogP contribution in [0.4, 0.5) is 0 Å². The van der Waals surface area contributed by atoms with E-state index < -0.39 is 0 Å². The van der Waals surface area contributed by atoms with Gasteiger partial charge in [0, 0.05) is 52.7 Å². The first-order valence-corrected chi connectivity index (χ1v) is 10.8. The maximum Gasteiger partial charge on any atom is 0.219 e. The molecule has 1 amide bonds. The van der Waals surface area contributed by atoms with Gasteiger partial charge in [0.2, 0.25) is 5.91 Å².